The monoisotopic (exact) mass is 315 g/mol. The van der Waals surface area contributed by atoms with Crippen LogP contribution < -0.4 is 5.32 Å². The highest BCUT2D eigenvalue weighted by molar-refractivity contribution is 5.94. The number of halogens is 1. The Morgan fingerprint density at radius 1 is 1.26 bits per heavy atom. The van der Waals surface area contributed by atoms with E-state index in [1.165, 1.54) is 12.1 Å². The fourth-order valence-electron chi connectivity index (χ4n) is 2.18. The summed E-state index contributed by atoms with van der Waals surface area (Å²) in [5.41, 5.74) is 2.29. The van der Waals surface area contributed by atoms with Crippen LogP contribution >= 0.6 is 0 Å². The molecule has 122 valence electrons. The molecule has 5 heteroatoms. The second-order valence-electron chi connectivity index (χ2n) is 5.52. The number of nitrogens with zero attached hydrogens (tertiary/aromatic N) is 2. The highest BCUT2D eigenvalue weighted by atomic mass is 19.1. The summed E-state index contributed by atoms with van der Waals surface area (Å²) in [7, 11) is 1.80. The maximum atomic E-state index is 12.9. The van der Waals surface area contributed by atoms with E-state index in [1.54, 1.807) is 42.5 Å². The summed E-state index contributed by atoms with van der Waals surface area (Å²) in [4.78, 5) is 18.2. The molecule has 1 aromatic carbocycles. The molecule has 1 N–H and O–H groups in total. The van der Waals surface area contributed by atoms with Crippen molar-refractivity contribution in [2.45, 2.75) is 26.3 Å². The van der Waals surface area contributed by atoms with Gasteiger partial charge in [0.25, 0.3) is 5.91 Å². The Morgan fingerprint density at radius 2 is 2.00 bits per heavy atom. The number of nitrogens with one attached hydrogen (secondary N) is 1. The van der Waals surface area contributed by atoms with E-state index in [0.29, 0.717) is 12.1 Å². The van der Waals surface area contributed by atoms with Gasteiger partial charge in [-0.2, -0.15) is 0 Å². The average Bonchev–Trinajstić information content (AvgIpc) is 2.58. The molecule has 0 saturated carbocycles. The fourth-order valence-corrected chi connectivity index (χ4v) is 2.18. The largest absolute Gasteiger partial charge is 0.380 e. The number of benzene rings is 1. The van der Waals surface area contributed by atoms with Gasteiger partial charge in [-0.1, -0.05) is 25.5 Å². The van der Waals surface area contributed by atoms with Crippen molar-refractivity contribution < 1.29 is 9.18 Å². The van der Waals surface area contributed by atoms with Crippen molar-refractivity contribution in [1.29, 1.82) is 0 Å². The van der Waals surface area contributed by atoms with Gasteiger partial charge in [-0.25, -0.2) is 4.39 Å². The normalized spacial score (nSPS) is 10.4. The standard InChI is InChI=1S/C18H22FN3O/c1-3-4-9-22(2)18(23)15-10-17(13-20-12-15)21-11-14-5-7-16(19)8-6-14/h5-8,10,12-13,21H,3-4,9,11H2,1-2H3. The highest BCUT2D eigenvalue weighted by Crippen LogP contribution is 2.12. The van der Waals surface area contributed by atoms with Crippen LogP contribution in [0.3, 0.4) is 0 Å². The maximum absolute atomic E-state index is 12.9. The lowest BCUT2D eigenvalue weighted by molar-refractivity contribution is 0.0793. The van der Waals surface area contributed by atoms with Gasteiger partial charge in [-0.05, 0) is 30.2 Å². The Labute approximate surface area is 136 Å². The van der Waals surface area contributed by atoms with E-state index in [4.69, 9.17) is 0 Å². The second kappa shape index (κ2) is 8.27. The first kappa shape index (κ1) is 16.9. The molecule has 4 nitrogen and oxygen atoms in total. The van der Waals surface area contributed by atoms with Crippen LogP contribution in [0.5, 0.6) is 0 Å². The number of unbranched alkanes of at least 4 members (excludes halogenated alkanes) is 1. The molecule has 1 heterocycles. The van der Waals surface area contributed by atoms with Gasteiger partial charge < -0.3 is 10.2 Å². The van der Waals surface area contributed by atoms with Crippen LogP contribution in [0.2, 0.25) is 0 Å². The minimum Gasteiger partial charge on any atom is -0.380 e. The van der Waals surface area contributed by atoms with Crippen LogP contribution in [0.1, 0.15) is 35.7 Å². The molecule has 0 unspecified atom stereocenters. The van der Waals surface area contributed by atoms with Crippen LogP contribution in [0.15, 0.2) is 42.7 Å². The zero-order valence-corrected chi connectivity index (χ0v) is 13.6. The molecule has 23 heavy (non-hydrogen) atoms. The third kappa shape index (κ3) is 5.06. The Balaban J connectivity index is 1.98. The van der Waals surface area contributed by atoms with Crippen molar-refractivity contribution in [2.75, 3.05) is 18.9 Å². The average molecular weight is 315 g/mol. The molecular formula is C18H22FN3O. The van der Waals surface area contributed by atoms with Crippen LogP contribution in [0.4, 0.5) is 10.1 Å². The lowest BCUT2D eigenvalue weighted by Gasteiger charge is -2.17. The zero-order chi connectivity index (χ0) is 16.7. The first-order valence-electron chi connectivity index (χ1n) is 7.79. The molecule has 0 aliphatic heterocycles. The third-order valence-electron chi connectivity index (χ3n) is 3.59. The Bertz CT molecular complexity index is 643. The van der Waals surface area contributed by atoms with Crippen LogP contribution in [0, 0.1) is 5.82 Å². The molecule has 2 rings (SSSR count). The lowest BCUT2D eigenvalue weighted by Crippen LogP contribution is -2.27. The zero-order valence-electron chi connectivity index (χ0n) is 13.6. The summed E-state index contributed by atoms with van der Waals surface area (Å²) in [6, 6.07) is 8.10. The van der Waals surface area contributed by atoms with Gasteiger partial charge in [-0.3, -0.25) is 9.78 Å². The summed E-state index contributed by atoms with van der Waals surface area (Å²) >= 11 is 0. The Morgan fingerprint density at radius 3 is 2.70 bits per heavy atom. The quantitative estimate of drug-likeness (QED) is 0.847. The number of amides is 1. The van der Waals surface area contributed by atoms with E-state index >= 15 is 0 Å². The van der Waals surface area contributed by atoms with E-state index in [2.05, 4.69) is 17.2 Å². The number of carbonyl (C=O) groups excluding carboxylic acids is 1. The van der Waals surface area contributed by atoms with Gasteiger partial charge >= 0.3 is 0 Å². The van der Waals surface area contributed by atoms with Crippen molar-refractivity contribution in [1.82, 2.24) is 9.88 Å². The van der Waals surface area contributed by atoms with Gasteiger partial charge in [0.1, 0.15) is 5.82 Å². The summed E-state index contributed by atoms with van der Waals surface area (Å²) in [6.07, 6.45) is 5.29. The molecule has 1 amide bonds. The molecule has 0 aliphatic carbocycles. The maximum Gasteiger partial charge on any atom is 0.255 e. The van der Waals surface area contributed by atoms with Gasteiger partial charge in [0.05, 0.1) is 11.3 Å². The number of hydrogen-bond acceptors (Lipinski definition) is 3. The summed E-state index contributed by atoms with van der Waals surface area (Å²) in [5.74, 6) is -0.283. The minimum absolute atomic E-state index is 0.0311. The molecule has 2 aromatic rings. The molecule has 0 bridgehead atoms. The van der Waals surface area contributed by atoms with Crippen molar-refractivity contribution in [3.8, 4) is 0 Å². The molecule has 0 radical (unpaired) electrons. The topological polar surface area (TPSA) is 45.2 Å². The van der Waals surface area contributed by atoms with Crippen LogP contribution in [-0.2, 0) is 6.54 Å². The molecule has 0 atom stereocenters. The first-order chi connectivity index (χ1) is 11.1. The number of pyridine rings is 1. The van der Waals surface area contributed by atoms with Gasteiger partial charge in [-0.15, -0.1) is 0 Å². The molecule has 0 spiro atoms. The molecule has 0 fully saturated rings. The van der Waals surface area contributed by atoms with E-state index in [0.717, 1.165) is 30.6 Å². The summed E-state index contributed by atoms with van der Waals surface area (Å²) in [5, 5.41) is 3.20. The van der Waals surface area contributed by atoms with Gasteiger partial charge in [0, 0.05) is 32.5 Å². The highest BCUT2D eigenvalue weighted by Gasteiger charge is 2.12. The summed E-state index contributed by atoms with van der Waals surface area (Å²) < 4.78 is 12.9. The third-order valence-corrected chi connectivity index (χ3v) is 3.59. The van der Waals surface area contributed by atoms with Crippen molar-refractivity contribution in [3.05, 3.63) is 59.7 Å². The molecule has 1 aromatic heterocycles. The van der Waals surface area contributed by atoms with Crippen LogP contribution in [0.25, 0.3) is 0 Å². The van der Waals surface area contributed by atoms with E-state index in [1.807, 2.05) is 0 Å². The predicted molar refractivity (Wildman–Crippen MR) is 89.8 cm³/mol. The van der Waals surface area contributed by atoms with E-state index in [9.17, 15) is 9.18 Å². The van der Waals surface area contributed by atoms with E-state index in [-0.39, 0.29) is 11.7 Å². The van der Waals surface area contributed by atoms with Gasteiger partial charge in [0.15, 0.2) is 0 Å². The first-order valence-corrected chi connectivity index (χ1v) is 7.79. The number of anilines is 1. The minimum atomic E-state index is -0.252. The molecule has 0 aliphatic rings. The van der Waals surface area contributed by atoms with Crippen LogP contribution in [-0.4, -0.2) is 29.4 Å². The second-order valence-corrected chi connectivity index (χ2v) is 5.52. The smallest absolute Gasteiger partial charge is 0.255 e. The Kier molecular flexibility index (Phi) is 6.09. The predicted octanol–water partition coefficient (Wildman–Crippen LogP) is 3.70. The Hall–Kier alpha value is -2.43. The molecular weight excluding hydrogens is 293 g/mol. The van der Waals surface area contributed by atoms with Crippen molar-refractivity contribution >= 4 is 11.6 Å². The summed E-state index contributed by atoms with van der Waals surface area (Å²) in [6.45, 7) is 3.38. The van der Waals surface area contributed by atoms with Gasteiger partial charge in [0.2, 0.25) is 0 Å². The lowest BCUT2D eigenvalue weighted by atomic mass is 10.2. The van der Waals surface area contributed by atoms with Crippen molar-refractivity contribution in [3.63, 3.8) is 0 Å². The number of aromatic nitrogens is 1. The number of carbonyl (C=O) groups is 1. The van der Waals surface area contributed by atoms with Crippen molar-refractivity contribution in [2.24, 2.45) is 0 Å². The molecule has 0 saturated heterocycles. The van der Waals surface area contributed by atoms with E-state index < -0.39 is 0 Å². The SMILES string of the molecule is CCCCN(C)C(=O)c1cncc(NCc2ccc(F)cc2)c1. The fraction of sp³-hybridized carbons (Fsp3) is 0.333. The number of rotatable bonds is 7. The number of hydrogen-bond donors (Lipinski definition) is 1.